The van der Waals surface area contributed by atoms with E-state index in [9.17, 15) is 33.5 Å². The highest BCUT2D eigenvalue weighted by atomic mass is 32.1. The van der Waals surface area contributed by atoms with E-state index in [0.29, 0.717) is 35.2 Å². The van der Waals surface area contributed by atoms with Crippen LogP contribution < -0.4 is 36.1 Å². The van der Waals surface area contributed by atoms with E-state index in [1.165, 1.54) is 24.4 Å². The standard InChI is InChI=1S/C57H68FN11O8S/c1-7-39-43(65-52(74)46(39)58)31-77-53-41-25-45(76-6)42(49(59)71)24-40(41)36(27-61-53)9-8-18-67-19-14-57(15-20-67)16-21-68(22-17-57)55-62-28-37(29-63-55)50(72)66-48(56(3,4)5)54(75)69-30-38(70)23-44(69)51(73)60-26-34-10-12-35(13-11-34)47-33(2)64-32-78-47/h10-13,24-25,27-29,32,38-39,43-44,46,48,70H,7,14-23,26,30-31H2,1-6H3,(H2,59,71)(H,60,73)(H,65,74)(H,66,72)/t38-,39+,43-,44+,46+,48-/m1/s1. The number of aliphatic hydroxyl groups is 1. The number of hydrogen-bond donors (Lipinski definition) is 5. The van der Waals surface area contributed by atoms with Crippen molar-refractivity contribution in [2.24, 2.45) is 22.5 Å². The first-order valence-electron chi connectivity index (χ1n) is 26.6. The number of primary amides is 1. The van der Waals surface area contributed by atoms with Crippen molar-refractivity contribution in [3.8, 4) is 33.9 Å². The molecule has 7 heterocycles. The molecule has 2 aromatic carbocycles. The van der Waals surface area contributed by atoms with E-state index < -0.39 is 65.4 Å². The number of aliphatic hydroxyl groups excluding tert-OH is 1. The molecule has 0 unspecified atom stereocenters. The van der Waals surface area contributed by atoms with E-state index >= 15 is 0 Å². The normalized spacial score (nSPS) is 21.6. The summed E-state index contributed by atoms with van der Waals surface area (Å²) < 4.78 is 26.1. The molecule has 5 aromatic rings. The number of carbonyl (C=O) groups is 5. The maximum absolute atomic E-state index is 14.5. The Morgan fingerprint density at radius 3 is 2.35 bits per heavy atom. The van der Waals surface area contributed by atoms with Crippen LogP contribution in [0.4, 0.5) is 10.3 Å². The minimum atomic E-state index is -1.60. The van der Waals surface area contributed by atoms with Crippen LogP contribution in [0, 0.1) is 35.5 Å². The number of anilines is 1. The number of rotatable bonds is 15. The van der Waals surface area contributed by atoms with Crippen LogP contribution in [0.5, 0.6) is 11.6 Å². The highest BCUT2D eigenvalue weighted by Crippen LogP contribution is 2.42. The summed E-state index contributed by atoms with van der Waals surface area (Å²) in [4.78, 5) is 91.2. The third-order valence-electron chi connectivity index (χ3n) is 15.9. The first-order chi connectivity index (χ1) is 37.3. The second-order valence-electron chi connectivity index (χ2n) is 22.0. The average Bonchev–Trinajstić information content (AvgIpc) is 4.16. The Morgan fingerprint density at radius 1 is 1.00 bits per heavy atom. The summed E-state index contributed by atoms with van der Waals surface area (Å²) in [5.74, 6) is 4.35. The molecule has 78 heavy (non-hydrogen) atoms. The summed E-state index contributed by atoms with van der Waals surface area (Å²) in [5.41, 5.74) is 10.8. The Balaban J connectivity index is 0.766. The monoisotopic (exact) mass is 1090 g/mol. The SMILES string of the molecule is CC[C@@H]1[C@H](F)C(=O)N[C@@H]1COc1ncc(C#CCN2CCC3(CC2)CCN(c2ncc(C(=O)N[C@H](C(=O)N4C[C@H](O)C[C@H]4C(=O)NCc4ccc(-c5scnc5C)cc4)C(C)(C)C)cn2)CC3)c2cc(C(N)=O)c(OC)cc12. The Labute approximate surface area is 457 Å². The number of β-amino-alcohol motifs (C(OH)–C–C–N with tert-alkyl or cyclic N) is 1. The van der Waals surface area contributed by atoms with E-state index in [-0.39, 0.29) is 60.2 Å². The van der Waals surface area contributed by atoms with Gasteiger partial charge in [0.05, 0.1) is 58.6 Å². The number of nitrogens with one attached hydrogen (secondary N) is 3. The van der Waals surface area contributed by atoms with Crippen LogP contribution >= 0.6 is 11.3 Å². The average molecular weight is 1090 g/mol. The van der Waals surface area contributed by atoms with Crippen molar-refractivity contribution < 1.29 is 42.9 Å². The van der Waals surface area contributed by atoms with Gasteiger partial charge < -0.3 is 46.1 Å². The van der Waals surface area contributed by atoms with Crippen molar-refractivity contribution in [2.75, 3.05) is 57.9 Å². The van der Waals surface area contributed by atoms with Crippen LogP contribution in [0.3, 0.4) is 0 Å². The van der Waals surface area contributed by atoms with Gasteiger partial charge in [-0.05, 0) is 86.2 Å². The van der Waals surface area contributed by atoms with E-state index in [1.54, 1.807) is 29.7 Å². The van der Waals surface area contributed by atoms with Gasteiger partial charge >= 0.3 is 0 Å². The molecule has 0 aliphatic carbocycles. The Hall–Kier alpha value is -7.28. The lowest BCUT2D eigenvalue weighted by Crippen LogP contribution is -2.57. The largest absolute Gasteiger partial charge is 0.496 e. The van der Waals surface area contributed by atoms with Crippen LogP contribution in [-0.2, 0) is 20.9 Å². The number of carbonyl (C=O) groups excluding carboxylic acids is 5. The van der Waals surface area contributed by atoms with Gasteiger partial charge in [0.25, 0.3) is 17.7 Å². The molecular weight excluding hydrogens is 1020 g/mol. The summed E-state index contributed by atoms with van der Waals surface area (Å²) >= 11 is 1.57. The van der Waals surface area contributed by atoms with E-state index in [1.807, 2.05) is 64.4 Å². The van der Waals surface area contributed by atoms with Gasteiger partial charge in [-0.1, -0.05) is 63.8 Å². The molecule has 3 aromatic heterocycles. The highest BCUT2D eigenvalue weighted by Gasteiger charge is 2.45. The van der Waals surface area contributed by atoms with Crippen molar-refractivity contribution in [2.45, 2.75) is 110 Å². The highest BCUT2D eigenvalue weighted by molar-refractivity contribution is 7.13. The quantitative estimate of drug-likeness (QED) is 0.0871. The number of hydrogen-bond acceptors (Lipinski definition) is 15. The zero-order chi connectivity index (χ0) is 55.5. The minimum Gasteiger partial charge on any atom is -0.496 e. The van der Waals surface area contributed by atoms with Crippen molar-refractivity contribution in [3.05, 3.63) is 88.4 Å². The van der Waals surface area contributed by atoms with Crippen LogP contribution in [0.15, 0.2) is 60.5 Å². The molecule has 6 atom stereocenters. The molecule has 0 saturated carbocycles. The zero-order valence-corrected chi connectivity index (χ0v) is 45.8. The number of fused-ring (bicyclic) bond motifs is 1. The Kier molecular flexibility index (Phi) is 16.6. The molecule has 6 N–H and O–H groups in total. The molecule has 21 heteroatoms. The maximum atomic E-state index is 14.5. The number of methoxy groups -OCH3 is 1. The maximum Gasteiger partial charge on any atom is 0.255 e. The number of halogens is 1. The summed E-state index contributed by atoms with van der Waals surface area (Å²) in [6.07, 6.45) is 6.49. The first-order valence-corrected chi connectivity index (χ1v) is 27.5. The van der Waals surface area contributed by atoms with Gasteiger partial charge in [-0.3, -0.25) is 28.9 Å². The van der Waals surface area contributed by atoms with E-state index in [4.69, 9.17) is 15.2 Å². The van der Waals surface area contributed by atoms with Crippen LogP contribution in [0.2, 0.25) is 0 Å². The third-order valence-corrected chi connectivity index (χ3v) is 16.9. The minimum absolute atomic E-state index is 0.00468. The molecule has 1 spiro atoms. The van der Waals surface area contributed by atoms with Gasteiger partial charge in [0.2, 0.25) is 23.6 Å². The number of benzene rings is 2. The van der Waals surface area contributed by atoms with Gasteiger partial charge in [-0.2, -0.15) is 0 Å². The molecule has 0 bridgehead atoms. The summed E-state index contributed by atoms with van der Waals surface area (Å²) in [6, 6.07) is 8.66. The fraction of sp³-hybridized carbons (Fsp3) is 0.491. The lowest BCUT2D eigenvalue weighted by molar-refractivity contribution is -0.142. The number of likely N-dealkylation sites (tertiary alicyclic amines) is 2. The fourth-order valence-electron chi connectivity index (χ4n) is 11.1. The molecule has 9 rings (SSSR count). The predicted octanol–water partition coefficient (Wildman–Crippen LogP) is 4.96. The smallest absolute Gasteiger partial charge is 0.255 e. The van der Waals surface area contributed by atoms with Crippen LogP contribution in [-0.4, -0.2) is 148 Å². The lowest BCUT2D eigenvalue weighted by atomic mass is 9.71. The van der Waals surface area contributed by atoms with Crippen LogP contribution in [0.1, 0.15) is 104 Å². The molecule has 4 fully saturated rings. The molecular formula is C57H68FN11O8S. The van der Waals surface area contributed by atoms with Gasteiger partial charge in [-0.15, -0.1) is 11.3 Å². The first kappa shape index (κ1) is 55.5. The fourth-order valence-corrected chi connectivity index (χ4v) is 11.9. The number of aryl methyl sites for hydroxylation is 1. The Morgan fingerprint density at radius 2 is 1.71 bits per heavy atom. The summed E-state index contributed by atoms with van der Waals surface area (Å²) in [7, 11) is 1.43. The van der Waals surface area contributed by atoms with Gasteiger partial charge in [0.15, 0.2) is 6.17 Å². The number of amides is 5. The van der Waals surface area contributed by atoms with Crippen molar-refractivity contribution >= 4 is 57.6 Å². The molecule has 4 aliphatic rings. The van der Waals surface area contributed by atoms with Crippen molar-refractivity contribution in [1.29, 1.82) is 0 Å². The number of pyridine rings is 1. The molecule has 0 radical (unpaired) electrons. The van der Waals surface area contributed by atoms with E-state index in [0.717, 1.165) is 73.6 Å². The number of ether oxygens (including phenoxy) is 2. The predicted molar refractivity (Wildman–Crippen MR) is 292 cm³/mol. The Bertz CT molecular complexity index is 3100. The molecule has 4 saturated heterocycles. The molecule has 5 amide bonds. The van der Waals surface area contributed by atoms with Crippen molar-refractivity contribution in [3.63, 3.8) is 0 Å². The molecule has 412 valence electrons. The second kappa shape index (κ2) is 23.4. The number of piperidine rings is 2. The number of thiazole rings is 1. The number of nitrogens with two attached hydrogens (primary N) is 1. The van der Waals surface area contributed by atoms with Gasteiger partial charge in [-0.25, -0.2) is 24.3 Å². The van der Waals surface area contributed by atoms with Crippen LogP contribution in [0.25, 0.3) is 21.2 Å². The molecule has 4 aliphatic heterocycles. The lowest BCUT2D eigenvalue weighted by Gasteiger charge is -2.46. The van der Waals surface area contributed by atoms with E-state index in [2.05, 4.69) is 57.5 Å². The summed E-state index contributed by atoms with van der Waals surface area (Å²) in [5, 5.41) is 20.4. The zero-order valence-electron chi connectivity index (χ0n) is 44.9. The number of nitrogens with zero attached hydrogens (tertiary/aromatic N) is 7. The second-order valence-corrected chi connectivity index (χ2v) is 22.9. The molecule has 19 nitrogen and oxygen atoms in total. The van der Waals surface area contributed by atoms with Gasteiger partial charge in [0, 0.05) is 67.9 Å². The van der Waals surface area contributed by atoms with Gasteiger partial charge in [0.1, 0.15) is 24.4 Å². The summed E-state index contributed by atoms with van der Waals surface area (Å²) in [6.45, 7) is 13.3. The topological polar surface area (TPSA) is 247 Å². The van der Waals surface area contributed by atoms with Crippen molar-refractivity contribution in [1.82, 2.24) is 45.7 Å². The number of alkyl halides is 1. The third kappa shape index (κ3) is 12.1. The number of aromatic nitrogens is 4.